The Bertz CT molecular complexity index is 694. The molecular formula is C17H22FIN4OS. The lowest BCUT2D eigenvalue weighted by Crippen LogP contribution is -2.43. The highest BCUT2D eigenvalue weighted by atomic mass is 127. The molecule has 5 nitrogen and oxygen atoms in total. The molecule has 0 radical (unpaired) electrons. The van der Waals surface area contributed by atoms with Crippen LogP contribution in [0, 0.1) is 5.82 Å². The van der Waals surface area contributed by atoms with Crippen LogP contribution in [0.3, 0.4) is 0 Å². The van der Waals surface area contributed by atoms with Crippen molar-refractivity contribution in [1.82, 2.24) is 10.2 Å². The third-order valence-electron chi connectivity index (χ3n) is 3.36. The molecule has 1 aromatic heterocycles. The van der Waals surface area contributed by atoms with Gasteiger partial charge in [-0.15, -0.1) is 35.3 Å². The molecule has 136 valence electrons. The normalized spacial score (nSPS) is 10.8. The Labute approximate surface area is 168 Å². The topological polar surface area (TPSA) is 56.7 Å². The molecule has 2 rings (SSSR count). The van der Waals surface area contributed by atoms with Crippen LogP contribution in [0.15, 0.2) is 46.8 Å². The number of thiophene rings is 1. The van der Waals surface area contributed by atoms with E-state index in [9.17, 15) is 9.18 Å². The largest absolute Gasteiger partial charge is 0.347 e. The van der Waals surface area contributed by atoms with E-state index in [0.29, 0.717) is 11.6 Å². The highest BCUT2D eigenvalue weighted by Gasteiger charge is 2.09. The second-order valence-electron chi connectivity index (χ2n) is 5.21. The lowest BCUT2D eigenvalue weighted by molar-refractivity contribution is -0.115. The van der Waals surface area contributed by atoms with Crippen LogP contribution in [0.2, 0.25) is 0 Å². The summed E-state index contributed by atoms with van der Waals surface area (Å²) in [5, 5.41) is 7.70. The van der Waals surface area contributed by atoms with Crippen molar-refractivity contribution in [3.63, 3.8) is 0 Å². The molecule has 2 aromatic rings. The highest BCUT2D eigenvalue weighted by molar-refractivity contribution is 14.0. The van der Waals surface area contributed by atoms with E-state index in [1.54, 1.807) is 30.5 Å². The predicted octanol–water partition coefficient (Wildman–Crippen LogP) is 3.19. The van der Waals surface area contributed by atoms with Gasteiger partial charge in [-0.2, -0.15) is 0 Å². The van der Waals surface area contributed by atoms with E-state index in [1.807, 2.05) is 18.0 Å². The van der Waals surface area contributed by atoms with Crippen molar-refractivity contribution in [2.45, 2.75) is 6.42 Å². The third kappa shape index (κ3) is 7.39. The minimum Gasteiger partial charge on any atom is -0.347 e. The number of benzene rings is 1. The molecule has 1 heterocycles. The monoisotopic (exact) mass is 476 g/mol. The second kappa shape index (κ2) is 11.0. The number of halogens is 2. The first-order valence-corrected chi connectivity index (χ1v) is 8.46. The maximum Gasteiger partial charge on any atom is 0.243 e. The number of carbonyl (C=O) groups is 1. The smallest absolute Gasteiger partial charge is 0.243 e. The Morgan fingerprint density at radius 3 is 2.76 bits per heavy atom. The molecule has 25 heavy (non-hydrogen) atoms. The molecule has 0 atom stereocenters. The van der Waals surface area contributed by atoms with E-state index in [2.05, 4.69) is 27.1 Å². The molecule has 0 saturated carbocycles. The minimum absolute atomic E-state index is 0. The summed E-state index contributed by atoms with van der Waals surface area (Å²) in [5.41, 5.74) is 0.433. The summed E-state index contributed by atoms with van der Waals surface area (Å²) in [6, 6.07) is 9.93. The quantitative estimate of drug-likeness (QED) is 0.383. The number of anilines is 1. The summed E-state index contributed by atoms with van der Waals surface area (Å²) in [6.45, 7) is 0.859. The zero-order valence-corrected chi connectivity index (χ0v) is 17.3. The van der Waals surface area contributed by atoms with Crippen LogP contribution in [0.1, 0.15) is 4.88 Å². The average Bonchev–Trinajstić information content (AvgIpc) is 3.07. The van der Waals surface area contributed by atoms with E-state index >= 15 is 0 Å². The van der Waals surface area contributed by atoms with Gasteiger partial charge in [-0.1, -0.05) is 12.1 Å². The number of carbonyl (C=O) groups excluding carboxylic acids is 1. The molecule has 0 aliphatic heterocycles. The molecular weight excluding hydrogens is 454 g/mol. The fourth-order valence-corrected chi connectivity index (χ4v) is 2.85. The lowest BCUT2D eigenvalue weighted by Gasteiger charge is -2.21. The van der Waals surface area contributed by atoms with Crippen LogP contribution in [0.4, 0.5) is 10.1 Å². The number of nitrogens with zero attached hydrogens (tertiary/aromatic N) is 2. The van der Waals surface area contributed by atoms with Crippen LogP contribution in [0.5, 0.6) is 0 Å². The number of amides is 1. The van der Waals surface area contributed by atoms with Crippen molar-refractivity contribution in [2.75, 3.05) is 32.5 Å². The van der Waals surface area contributed by atoms with Crippen LogP contribution in [-0.4, -0.2) is 44.0 Å². The number of rotatable bonds is 6. The zero-order chi connectivity index (χ0) is 17.4. The molecule has 0 unspecified atom stereocenters. The van der Waals surface area contributed by atoms with Crippen molar-refractivity contribution in [3.05, 3.63) is 52.5 Å². The van der Waals surface area contributed by atoms with Gasteiger partial charge in [0.1, 0.15) is 5.82 Å². The van der Waals surface area contributed by atoms with Crippen LogP contribution in [-0.2, 0) is 11.2 Å². The number of hydrogen-bond donors (Lipinski definition) is 2. The number of aliphatic imine (C=N–C) groups is 1. The lowest BCUT2D eigenvalue weighted by atomic mass is 10.3. The molecule has 2 N–H and O–H groups in total. The van der Waals surface area contributed by atoms with Gasteiger partial charge in [-0.3, -0.25) is 9.79 Å². The molecule has 0 bridgehead atoms. The van der Waals surface area contributed by atoms with E-state index in [4.69, 9.17) is 0 Å². The first kappa shape index (κ1) is 21.4. The van der Waals surface area contributed by atoms with Crippen molar-refractivity contribution in [2.24, 2.45) is 4.99 Å². The second-order valence-corrected chi connectivity index (χ2v) is 6.24. The van der Waals surface area contributed by atoms with Gasteiger partial charge in [0.15, 0.2) is 5.96 Å². The van der Waals surface area contributed by atoms with Crippen molar-refractivity contribution in [3.8, 4) is 0 Å². The van der Waals surface area contributed by atoms with E-state index in [0.717, 1.165) is 13.0 Å². The van der Waals surface area contributed by atoms with Gasteiger partial charge in [0, 0.05) is 31.2 Å². The zero-order valence-electron chi connectivity index (χ0n) is 14.2. The number of nitrogens with one attached hydrogen (secondary N) is 2. The summed E-state index contributed by atoms with van der Waals surface area (Å²) in [4.78, 5) is 19.4. The molecule has 0 aliphatic carbocycles. The highest BCUT2D eigenvalue weighted by Crippen LogP contribution is 2.10. The Balaban J connectivity index is 0.00000312. The summed E-state index contributed by atoms with van der Waals surface area (Å²) >= 11 is 1.72. The molecule has 8 heteroatoms. The molecule has 1 amide bonds. The van der Waals surface area contributed by atoms with Crippen LogP contribution >= 0.6 is 35.3 Å². The van der Waals surface area contributed by atoms with Gasteiger partial charge >= 0.3 is 0 Å². The van der Waals surface area contributed by atoms with Crippen molar-refractivity contribution >= 4 is 52.9 Å². The fraction of sp³-hybridized carbons (Fsp3) is 0.294. The Morgan fingerprint density at radius 1 is 1.32 bits per heavy atom. The number of likely N-dealkylation sites (N-methyl/N-ethyl adjacent to an activating group) is 1. The van der Waals surface area contributed by atoms with Gasteiger partial charge in [-0.05, 0) is 36.1 Å². The van der Waals surface area contributed by atoms with Crippen molar-refractivity contribution in [1.29, 1.82) is 0 Å². The molecule has 0 fully saturated rings. The van der Waals surface area contributed by atoms with E-state index in [-0.39, 0.29) is 42.2 Å². The molecule has 1 aromatic carbocycles. The van der Waals surface area contributed by atoms with Gasteiger partial charge < -0.3 is 15.5 Å². The summed E-state index contributed by atoms with van der Waals surface area (Å²) in [5.74, 6) is -0.000709. The Hall–Kier alpha value is -1.68. The van der Waals surface area contributed by atoms with Crippen LogP contribution in [0.25, 0.3) is 0 Å². The van der Waals surface area contributed by atoms with Gasteiger partial charge in [-0.25, -0.2) is 4.39 Å². The maximum absolute atomic E-state index is 13.1. The standard InChI is InChI=1S/C17H21FN4OS.HI/c1-19-17(22(2)9-8-15-7-4-10-24-15)20-12-16(23)21-14-6-3-5-13(18)11-14;/h3-7,10-11H,8-9,12H2,1-2H3,(H,19,20)(H,21,23);1H. The number of guanidine groups is 1. The summed E-state index contributed by atoms with van der Waals surface area (Å²) in [7, 11) is 3.60. The van der Waals surface area contributed by atoms with Crippen LogP contribution < -0.4 is 10.6 Å². The molecule has 0 spiro atoms. The summed E-state index contributed by atoms with van der Waals surface area (Å²) in [6.07, 6.45) is 0.921. The fourth-order valence-electron chi connectivity index (χ4n) is 2.15. The predicted molar refractivity (Wildman–Crippen MR) is 112 cm³/mol. The third-order valence-corrected chi connectivity index (χ3v) is 4.30. The Kier molecular flexibility index (Phi) is 9.43. The van der Waals surface area contributed by atoms with E-state index in [1.165, 1.54) is 17.0 Å². The SMILES string of the molecule is CN=C(NCC(=O)Nc1cccc(F)c1)N(C)CCc1cccs1.I. The maximum atomic E-state index is 13.1. The Morgan fingerprint density at radius 2 is 2.12 bits per heavy atom. The summed E-state index contributed by atoms with van der Waals surface area (Å²) < 4.78 is 13.1. The molecule has 0 aliphatic rings. The average molecular weight is 476 g/mol. The number of hydrogen-bond acceptors (Lipinski definition) is 3. The van der Waals surface area contributed by atoms with Gasteiger partial charge in [0.05, 0.1) is 6.54 Å². The van der Waals surface area contributed by atoms with Gasteiger partial charge in [0.25, 0.3) is 0 Å². The van der Waals surface area contributed by atoms with Crippen molar-refractivity contribution < 1.29 is 9.18 Å². The first-order chi connectivity index (χ1) is 11.6. The minimum atomic E-state index is -0.384. The molecule has 0 saturated heterocycles. The van der Waals surface area contributed by atoms with Gasteiger partial charge in [0.2, 0.25) is 5.91 Å². The van der Waals surface area contributed by atoms with E-state index < -0.39 is 0 Å². The first-order valence-electron chi connectivity index (χ1n) is 7.58.